The van der Waals surface area contributed by atoms with E-state index in [1.807, 2.05) is 26.8 Å². The summed E-state index contributed by atoms with van der Waals surface area (Å²) in [7, 11) is 0. The zero-order valence-corrected chi connectivity index (χ0v) is 13.6. The molecule has 5 nitrogen and oxygen atoms in total. The number of carbonyl (C=O) groups excluding carboxylic acids is 1. The molecule has 122 valence electrons. The second kappa shape index (κ2) is 7.54. The maximum atomic E-state index is 12.4. The summed E-state index contributed by atoms with van der Waals surface area (Å²) in [4.78, 5) is 12.4. The highest BCUT2D eigenvalue weighted by Gasteiger charge is 2.13. The molecule has 0 aromatic heterocycles. The van der Waals surface area contributed by atoms with Gasteiger partial charge in [-0.3, -0.25) is 4.79 Å². The first-order valence-electron chi connectivity index (χ1n) is 7.55. The Morgan fingerprint density at radius 1 is 1.04 bits per heavy atom. The largest absolute Gasteiger partial charge is 0.506 e. The summed E-state index contributed by atoms with van der Waals surface area (Å²) in [5.74, 6) is 0.835. The number of carbonyl (C=O) groups is 1. The lowest BCUT2D eigenvalue weighted by molar-refractivity contribution is 0.102. The van der Waals surface area contributed by atoms with Gasteiger partial charge in [0.25, 0.3) is 5.91 Å². The van der Waals surface area contributed by atoms with Gasteiger partial charge in [0.05, 0.1) is 18.9 Å². The topological polar surface area (TPSA) is 67.8 Å². The molecule has 0 atom stereocenters. The van der Waals surface area contributed by atoms with Gasteiger partial charge >= 0.3 is 0 Å². The Bertz CT molecular complexity index is 697. The van der Waals surface area contributed by atoms with Crippen LogP contribution in [0.15, 0.2) is 36.4 Å². The molecule has 1 amide bonds. The zero-order chi connectivity index (χ0) is 16.8. The molecule has 0 aliphatic heterocycles. The average Bonchev–Trinajstić information content (AvgIpc) is 2.52. The molecule has 0 fully saturated rings. The number of aryl methyl sites for hydroxylation is 1. The van der Waals surface area contributed by atoms with E-state index < -0.39 is 0 Å². The third-order valence-electron chi connectivity index (χ3n) is 3.21. The third kappa shape index (κ3) is 4.16. The molecule has 0 heterocycles. The number of benzene rings is 2. The molecule has 0 saturated carbocycles. The Morgan fingerprint density at radius 3 is 2.39 bits per heavy atom. The van der Waals surface area contributed by atoms with Gasteiger partial charge in [0.2, 0.25) is 0 Å². The minimum Gasteiger partial charge on any atom is -0.506 e. The molecule has 0 radical (unpaired) electrons. The first-order chi connectivity index (χ1) is 11.0. The van der Waals surface area contributed by atoms with Crippen molar-refractivity contribution in [1.29, 1.82) is 0 Å². The fourth-order valence-electron chi connectivity index (χ4n) is 2.13. The van der Waals surface area contributed by atoms with Crippen molar-refractivity contribution in [2.45, 2.75) is 20.8 Å². The van der Waals surface area contributed by atoms with Gasteiger partial charge in [0.1, 0.15) is 5.75 Å². The molecule has 0 aliphatic carbocycles. The van der Waals surface area contributed by atoms with E-state index in [4.69, 9.17) is 9.47 Å². The number of hydrogen-bond acceptors (Lipinski definition) is 4. The van der Waals surface area contributed by atoms with Gasteiger partial charge < -0.3 is 19.9 Å². The standard InChI is InChI=1S/C18H21NO4/c1-4-22-16-9-7-13(11-17(16)23-5-2)18(21)19-14-8-6-12(3)10-15(14)20/h6-11,20H,4-5H2,1-3H3,(H,19,21). The minimum atomic E-state index is -0.326. The lowest BCUT2D eigenvalue weighted by Gasteiger charge is -2.13. The van der Waals surface area contributed by atoms with Gasteiger partial charge in [0, 0.05) is 5.56 Å². The number of hydrogen-bond donors (Lipinski definition) is 2. The molecule has 0 saturated heterocycles. The van der Waals surface area contributed by atoms with Gasteiger partial charge in [-0.1, -0.05) is 6.07 Å². The molecule has 2 N–H and O–H groups in total. The van der Waals surface area contributed by atoms with E-state index >= 15 is 0 Å². The van der Waals surface area contributed by atoms with Crippen LogP contribution in [-0.2, 0) is 0 Å². The van der Waals surface area contributed by atoms with Crippen molar-refractivity contribution in [2.75, 3.05) is 18.5 Å². The van der Waals surface area contributed by atoms with Gasteiger partial charge in [-0.05, 0) is 56.7 Å². The first-order valence-corrected chi connectivity index (χ1v) is 7.55. The summed E-state index contributed by atoms with van der Waals surface area (Å²) in [5.41, 5.74) is 1.71. The highest BCUT2D eigenvalue weighted by atomic mass is 16.5. The Morgan fingerprint density at radius 2 is 1.74 bits per heavy atom. The number of rotatable bonds is 6. The van der Waals surface area contributed by atoms with Gasteiger partial charge in [-0.15, -0.1) is 0 Å². The van der Waals surface area contributed by atoms with Gasteiger partial charge in [-0.25, -0.2) is 0 Å². The SMILES string of the molecule is CCOc1ccc(C(=O)Nc2ccc(C)cc2O)cc1OCC. The van der Waals surface area contributed by atoms with Crippen LogP contribution in [0.2, 0.25) is 0 Å². The van der Waals surface area contributed by atoms with Crippen molar-refractivity contribution >= 4 is 11.6 Å². The summed E-state index contributed by atoms with van der Waals surface area (Å²) in [6.45, 7) is 6.61. The fraction of sp³-hybridized carbons (Fsp3) is 0.278. The molecule has 2 aromatic carbocycles. The predicted octanol–water partition coefficient (Wildman–Crippen LogP) is 3.75. The Balaban J connectivity index is 2.23. The van der Waals surface area contributed by atoms with Gasteiger partial charge in [-0.2, -0.15) is 0 Å². The van der Waals surface area contributed by atoms with Crippen molar-refractivity contribution in [3.8, 4) is 17.2 Å². The van der Waals surface area contributed by atoms with Crippen LogP contribution in [0, 0.1) is 6.92 Å². The molecule has 0 unspecified atom stereocenters. The molecule has 2 rings (SSSR count). The molecule has 5 heteroatoms. The Labute approximate surface area is 135 Å². The summed E-state index contributed by atoms with van der Waals surface area (Å²) in [6.07, 6.45) is 0. The number of aromatic hydroxyl groups is 1. The third-order valence-corrected chi connectivity index (χ3v) is 3.21. The van der Waals surface area contributed by atoms with Crippen molar-refractivity contribution in [2.24, 2.45) is 0 Å². The van der Waals surface area contributed by atoms with E-state index in [2.05, 4.69) is 5.32 Å². The maximum absolute atomic E-state index is 12.4. The van der Waals surface area contributed by atoms with E-state index in [1.165, 1.54) is 0 Å². The van der Waals surface area contributed by atoms with Gasteiger partial charge in [0.15, 0.2) is 11.5 Å². The maximum Gasteiger partial charge on any atom is 0.255 e. The second-order valence-electron chi connectivity index (χ2n) is 5.00. The molecule has 0 spiro atoms. The molecule has 0 bridgehead atoms. The van der Waals surface area contributed by atoms with Crippen LogP contribution >= 0.6 is 0 Å². The molecule has 0 aliphatic rings. The van der Waals surface area contributed by atoms with E-state index in [0.29, 0.717) is 36.0 Å². The van der Waals surface area contributed by atoms with Crippen LogP contribution in [0.25, 0.3) is 0 Å². The van der Waals surface area contributed by atoms with Crippen LogP contribution in [0.4, 0.5) is 5.69 Å². The number of phenols is 1. The molecular weight excluding hydrogens is 294 g/mol. The first kappa shape index (κ1) is 16.7. The normalized spacial score (nSPS) is 10.2. The van der Waals surface area contributed by atoms with Crippen molar-refractivity contribution in [3.63, 3.8) is 0 Å². The molecular formula is C18H21NO4. The van der Waals surface area contributed by atoms with Crippen molar-refractivity contribution in [3.05, 3.63) is 47.5 Å². The predicted molar refractivity (Wildman–Crippen MR) is 89.6 cm³/mol. The second-order valence-corrected chi connectivity index (χ2v) is 5.00. The fourth-order valence-corrected chi connectivity index (χ4v) is 2.13. The smallest absolute Gasteiger partial charge is 0.255 e. The van der Waals surface area contributed by atoms with Crippen molar-refractivity contribution in [1.82, 2.24) is 0 Å². The number of nitrogens with one attached hydrogen (secondary N) is 1. The summed E-state index contributed by atoms with van der Waals surface area (Å²) in [5, 5.41) is 12.6. The van der Waals surface area contributed by atoms with Crippen molar-refractivity contribution < 1.29 is 19.4 Å². The lowest BCUT2D eigenvalue weighted by atomic mass is 10.1. The highest BCUT2D eigenvalue weighted by molar-refractivity contribution is 6.05. The Hall–Kier alpha value is -2.69. The molecule has 23 heavy (non-hydrogen) atoms. The van der Waals surface area contributed by atoms with E-state index in [0.717, 1.165) is 5.56 Å². The monoisotopic (exact) mass is 315 g/mol. The van der Waals surface area contributed by atoms with Crippen LogP contribution in [0.3, 0.4) is 0 Å². The van der Waals surface area contributed by atoms with Crippen LogP contribution in [0.1, 0.15) is 29.8 Å². The number of anilines is 1. The highest BCUT2D eigenvalue weighted by Crippen LogP contribution is 2.30. The number of phenolic OH excluding ortho intramolecular Hbond substituents is 1. The summed E-state index contributed by atoms with van der Waals surface area (Å²) in [6, 6.07) is 10.1. The van der Waals surface area contributed by atoms with E-state index in [-0.39, 0.29) is 11.7 Å². The lowest BCUT2D eigenvalue weighted by Crippen LogP contribution is -2.12. The number of amides is 1. The minimum absolute atomic E-state index is 0.0364. The Kier molecular flexibility index (Phi) is 5.46. The summed E-state index contributed by atoms with van der Waals surface area (Å²) < 4.78 is 11.0. The molecule has 2 aromatic rings. The van der Waals surface area contributed by atoms with E-state index in [1.54, 1.807) is 30.3 Å². The number of ether oxygens (including phenoxy) is 2. The van der Waals surface area contributed by atoms with Crippen LogP contribution < -0.4 is 14.8 Å². The van der Waals surface area contributed by atoms with Crippen LogP contribution in [0.5, 0.6) is 17.2 Å². The van der Waals surface area contributed by atoms with E-state index in [9.17, 15) is 9.90 Å². The van der Waals surface area contributed by atoms with Crippen LogP contribution in [-0.4, -0.2) is 24.2 Å². The summed E-state index contributed by atoms with van der Waals surface area (Å²) >= 11 is 0. The zero-order valence-electron chi connectivity index (χ0n) is 13.6. The average molecular weight is 315 g/mol. The quantitative estimate of drug-likeness (QED) is 0.797.